The van der Waals surface area contributed by atoms with Crippen molar-refractivity contribution in [3.05, 3.63) is 81.6 Å². The maximum absolute atomic E-state index is 14.2. The number of carbonyl (C=O) groups is 2. The van der Waals surface area contributed by atoms with Crippen molar-refractivity contribution in [2.24, 2.45) is 5.73 Å². The standard InChI is InChI=1S/C20H17BrFN3O3/c1-2-15(23)18-17(20(27)28)24-10-25(18)16-8-7-11(21)9-13(16)19(26)12-5-3-4-6-14(12)22/h3-10,15H,2,23H2,1H3,(H,27,28). The lowest BCUT2D eigenvalue weighted by molar-refractivity contribution is 0.0689. The van der Waals surface area contributed by atoms with Crippen LogP contribution in [0.1, 0.15) is 51.5 Å². The molecule has 0 spiro atoms. The Morgan fingerprint density at radius 1 is 1.25 bits per heavy atom. The molecule has 0 radical (unpaired) electrons. The van der Waals surface area contributed by atoms with Crippen LogP contribution in [0.15, 0.2) is 53.3 Å². The van der Waals surface area contributed by atoms with Gasteiger partial charge in [0.2, 0.25) is 0 Å². The minimum atomic E-state index is -1.21. The minimum absolute atomic E-state index is 0.0817. The summed E-state index contributed by atoms with van der Waals surface area (Å²) in [7, 11) is 0. The molecule has 1 atom stereocenters. The van der Waals surface area contributed by atoms with Gasteiger partial charge in [0.05, 0.1) is 16.9 Å². The van der Waals surface area contributed by atoms with Crippen LogP contribution in [0.5, 0.6) is 0 Å². The zero-order valence-electron chi connectivity index (χ0n) is 14.9. The number of carboxylic acid groups (broad SMARTS) is 1. The molecule has 0 aliphatic heterocycles. The Labute approximate surface area is 168 Å². The van der Waals surface area contributed by atoms with E-state index < -0.39 is 23.6 Å². The van der Waals surface area contributed by atoms with E-state index in [1.807, 2.05) is 6.92 Å². The van der Waals surface area contributed by atoms with Crippen LogP contribution in [0.2, 0.25) is 0 Å². The lowest BCUT2D eigenvalue weighted by atomic mass is 10.0. The Balaban J connectivity index is 2.24. The minimum Gasteiger partial charge on any atom is -0.476 e. The molecule has 0 fully saturated rings. The molecule has 2 aromatic carbocycles. The number of hydrogen-bond donors (Lipinski definition) is 2. The van der Waals surface area contributed by atoms with Gasteiger partial charge < -0.3 is 15.4 Å². The molecule has 28 heavy (non-hydrogen) atoms. The van der Waals surface area contributed by atoms with Gasteiger partial charge in [-0.3, -0.25) is 4.79 Å². The topological polar surface area (TPSA) is 98.2 Å². The van der Waals surface area contributed by atoms with E-state index in [2.05, 4.69) is 20.9 Å². The number of carboxylic acids is 1. The lowest BCUT2D eigenvalue weighted by Crippen LogP contribution is -2.19. The number of carbonyl (C=O) groups excluding carboxylic acids is 1. The highest BCUT2D eigenvalue weighted by molar-refractivity contribution is 9.10. The third kappa shape index (κ3) is 3.61. The average molecular weight is 446 g/mol. The molecule has 8 heteroatoms. The fourth-order valence-electron chi connectivity index (χ4n) is 2.95. The van der Waals surface area contributed by atoms with Crippen LogP contribution in [0.25, 0.3) is 5.69 Å². The third-order valence-corrected chi connectivity index (χ3v) is 4.87. The highest BCUT2D eigenvalue weighted by atomic mass is 79.9. The van der Waals surface area contributed by atoms with E-state index in [4.69, 9.17) is 5.73 Å². The second-order valence-corrected chi connectivity index (χ2v) is 7.05. The van der Waals surface area contributed by atoms with Crippen molar-refractivity contribution in [3.8, 4) is 5.69 Å². The number of aromatic carboxylic acids is 1. The predicted octanol–water partition coefficient (Wildman–Crippen LogP) is 4.11. The summed E-state index contributed by atoms with van der Waals surface area (Å²) >= 11 is 3.33. The van der Waals surface area contributed by atoms with Crippen molar-refractivity contribution in [2.75, 3.05) is 0 Å². The summed E-state index contributed by atoms with van der Waals surface area (Å²) in [5, 5.41) is 9.45. The lowest BCUT2D eigenvalue weighted by Gasteiger charge is -2.17. The van der Waals surface area contributed by atoms with Crippen LogP contribution < -0.4 is 5.73 Å². The fourth-order valence-corrected chi connectivity index (χ4v) is 3.31. The van der Waals surface area contributed by atoms with Crippen LogP contribution in [0, 0.1) is 5.82 Å². The van der Waals surface area contributed by atoms with Gasteiger partial charge in [0.1, 0.15) is 12.1 Å². The first-order valence-corrected chi connectivity index (χ1v) is 9.29. The summed E-state index contributed by atoms with van der Waals surface area (Å²) in [5.41, 5.74) is 6.71. The van der Waals surface area contributed by atoms with Gasteiger partial charge in [-0.1, -0.05) is 35.0 Å². The molecule has 0 aliphatic rings. The molecule has 0 bridgehead atoms. The molecule has 6 nitrogen and oxygen atoms in total. The summed E-state index contributed by atoms with van der Waals surface area (Å²) in [6.45, 7) is 1.82. The molecule has 3 N–H and O–H groups in total. The fraction of sp³-hybridized carbons (Fsp3) is 0.150. The SMILES string of the molecule is CCC(N)c1c(C(=O)O)ncn1-c1ccc(Br)cc1C(=O)c1ccccc1F. The first-order valence-electron chi connectivity index (χ1n) is 8.50. The second-order valence-electron chi connectivity index (χ2n) is 6.14. The summed E-state index contributed by atoms with van der Waals surface area (Å²) < 4.78 is 16.3. The number of nitrogens with two attached hydrogens (primary N) is 1. The van der Waals surface area contributed by atoms with E-state index in [9.17, 15) is 19.1 Å². The molecule has 3 rings (SSSR count). The number of ketones is 1. The molecule has 0 saturated heterocycles. The van der Waals surface area contributed by atoms with Crippen molar-refractivity contribution >= 4 is 27.7 Å². The van der Waals surface area contributed by atoms with Gasteiger partial charge in [-0.25, -0.2) is 14.2 Å². The van der Waals surface area contributed by atoms with E-state index in [0.29, 0.717) is 16.6 Å². The van der Waals surface area contributed by atoms with Crippen molar-refractivity contribution in [1.82, 2.24) is 9.55 Å². The average Bonchev–Trinajstić information content (AvgIpc) is 3.12. The number of hydrogen-bond acceptors (Lipinski definition) is 4. The molecular weight excluding hydrogens is 429 g/mol. The Bertz CT molecular complexity index is 1060. The number of aromatic nitrogens is 2. The van der Waals surface area contributed by atoms with Gasteiger partial charge in [-0.15, -0.1) is 0 Å². The molecule has 0 amide bonds. The monoisotopic (exact) mass is 445 g/mol. The third-order valence-electron chi connectivity index (χ3n) is 4.38. The van der Waals surface area contributed by atoms with Crippen LogP contribution in [0.3, 0.4) is 0 Å². The molecule has 0 aliphatic carbocycles. The van der Waals surface area contributed by atoms with Crippen LogP contribution in [0.4, 0.5) is 4.39 Å². The van der Waals surface area contributed by atoms with Crippen LogP contribution >= 0.6 is 15.9 Å². The molecule has 1 heterocycles. The van der Waals surface area contributed by atoms with Gasteiger partial charge >= 0.3 is 5.97 Å². The normalized spacial score (nSPS) is 12.0. The number of imidazole rings is 1. The van der Waals surface area contributed by atoms with Gasteiger partial charge in [-0.05, 0) is 36.8 Å². The number of halogens is 2. The van der Waals surface area contributed by atoms with E-state index in [-0.39, 0.29) is 22.5 Å². The highest BCUT2D eigenvalue weighted by Crippen LogP contribution is 2.28. The van der Waals surface area contributed by atoms with E-state index in [0.717, 1.165) is 0 Å². The molecule has 0 saturated carbocycles. The number of rotatable bonds is 6. The first kappa shape index (κ1) is 19.9. The highest BCUT2D eigenvalue weighted by Gasteiger charge is 2.25. The first-order chi connectivity index (χ1) is 13.3. The maximum Gasteiger partial charge on any atom is 0.356 e. The van der Waals surface area contributed by atoms with Gasteiger partial charge in [0.25, 0.3) is 0 Å². The Morgan fingerprint density at radius 2 is 1.96 bits per heavy atom. The van der Waals surface area contributed by atoms with Crippen molar-refractivity contribution in [2.45, 2.75) is 19.4 Å². The number of benzene rings is 2. The Kier molecular flexibility index (Phi) is 5.71. The smallest absolute Gasteiger partial charge is 0.356 e. The molecule has 1 aromatic heterocycles. The van der Waals surface area contributed by atoms with E-state index in [1.165, 1.54) is 29.1 Å². The second kappa shape index (κ2) is 8.04. The summed E-state index contributed by atoms with van der Waals surface area (Å²) in [6.07, 6.45) is 1.79. The summed E-state index contributed by atoms with van der Waals surface area (Å²) in [4.78, 5) is 28.6. The summed E-state index contributed by atoms with van der Waals surface area (Å²) in [5.74, 6) is -2.38. The number of nitrogens with zero attached hydrogens (tertiary/aromatic N) is 2. The Morgan fingerprint density at radius 3 is 2.61 bits per heavy atom. The molecular formula is C20H17BrFN3O3. The molecule has 3 aromatic rings. The quantitative estimate of drug-likeness (QED) is 0.556. The van der Waals surface area contributed by atoms with Gasteiger partial charge in [-0.2, -0.15) is 0 Å². The largest absolute Gasteiger partial charge is 0.476 e. The van der Waals surface area contributed by atoms with Gasteiger partial charge in [0.15, 0.2) is 11.5 Å². The maximum atomic E-state index is 14.2. The predicted molar refractivity (Wildman–Crippen MR) is 105 cm³/mol. The zero-order valence-corrected chi connectivity index (χ0v) is 16.5. The molecule has 1 unspecified atom stereocenters. The van der Waals surface area contributed by atoms with Crippen molar-refractivity contribution in [3.63, 3.8) is 0 Å². The van der Waals surface area contributed by atoms with Crippen LogP contribution in [-0.2, 0) is 0 Å². The zero-order chi connectivity index (χ0) is 20.4. The molecule has 144 valence electrons. The summed E-state index contributed by atoms with van der Waals surface area (Å²) in [6, 6.07) is 9.99. The van der Waals surface area contributed by atoms with Gasteiger partial charge in [0, 0.05) is 16.1 Å². The van der Waals surface area contributed by atoms with E-state index >= 15 is 0 Å². The van der Waals surface area contributed by atoms with Crippen LogP contribution in [-0.4, -0.2) is 26.4 Å². The van der Waals surface area contributed by atoms with Crippen molar-refractivity contribution < 1.29 is 19.1 Å². The van der Waals surface area contributed by atoms with E-state index in [1.54, 1.807) is 24.3 Å². The Hall–Kier alpha value is -2.84. The van der Waals surface area contributed by atoms with Crippen molar-refractivity contribution in [1.29, 1.82) is 0 Å².